The van der Waals surface area contributed by atoms with Crippen LogP contribution in [0.1, 0.15) is 11.1 Å². The standard InChI is InChI=1S/C12H16N4O2S/c1-9-3-5-10(6-4-9)8-16(2)19(17,18)11-7-14-15-12(11)13/h3-7H,8H2,1-2H3,(H3,13,14,15). The van der Waals surface area contributed by atoms with Gasteiger partial charge >= 0.3 is 0 Å². The van der Waals surface area contributed by atoms with Gasteiger partial charge in [-0.25, -0.2) is 8.42 Å². The molecule has 0 aliphatic heterocycles. The Hall–Kier alpha value is -1.86. The van der Waals surface area contributed by atoms with Crippen molar-refractivity contribution in [1.29, 1.82) is 0 Å². The highest BCUT2D eigenvalue weighted by Gasteiger charge is 2.24. The molecule has 0 saturated heterocycles. The van der Waals surface area contributed by atoms with Gasteiger partial charge in [0.2, 0.25) is 10.0 Å². The molecule has 0 atom stereocenters. The third kappa shape index (κ3) is 2.77. The van der Waals surface area contributed by atoms with Crippen LogP contribution in [0.3, 0.4) is 0 Å². The summed E-state index contributed by atoms with van der Waals surface area (Å²) in [6.07, 6.45) is 1.22. The highest BCUT2D eigenvalue weighted by atomic mass is 32.2. The fourth-order valence-corrected chi connectivity index (χ4v) is 2.86. The molecule has 0 radical (unpaired) electrons. The molecule has 2 rings (SSSR count). The first-order valence-corrected chi connectivity index (χ1v) is 7.16. The summed E-state index contributed by atoms with van der Waals surface area (Å²) in [6, 6.07) is 7.70. The Kier molecular flexibility index (Phi) is 3.59. The van der Waals surface area contributed by atoms with Crippen molar-refractivity contribution in [2.24, 2.45) is 0 Å². The molecule has 7 heteroatoms. The quantitative estimate of drug-likeness (QED) is 0.878. The number of aryl methyl sites for hydroxylation is 1. The number of nitrogen functional groups attached to an aromatic ring is 1. The zero-order chi connectivity index (χ0) is 14.0. The third-order valence-electron chi connectivity index (χ3n) is 2.85. The van der Waals surface area contributed by atoms with E-state index in [1.807, 2.05) is 31.2 Å². The van der Waals surface area contributed by atoms with E-state index in [0.717, 1.165) is 11.1 Å². The van der Waals surface area contributed by atoms with Crippen LogP contribution in [0.25, 0.3) is 0 Å². The molecule has 0 unspecified atom stereocenters. The lowest BCUT2D eigenvalue weighted by Gasteiger charge is -2.16. The minimum Gasteiger partial charge on any atom is -0.383 e. The lowest BCUT2D eigenvalue weighted by Crippen LogP contribution is -2.26. The van der Waals surface area contributed by atoms with E-state index in [0.29, 0.717) is 0 Å². The van der Waals surface area contributed by atoms with E-state index < -0.39 is 10.0 Å². The SMILES string of the molecule is Cc1ccc(CN(C)S(=O)(=O)c2cn[nH]c2N)cc1. The van der Waals surface area contributed by atoms with E-state index in [1.54, 1.807) is 0 Å². The summed E-state index contributed by atoms with van der Waals surface area (Å²) in [4.78, 5) is 0.00196. The van der Waals surface area contributed by atoms with Crippen molar-refractivity contribution in [1.82, 2.24) is 14.5 Å². The van der Waals surface area contributed by atoms with Crippen molar-refractivity contribution in [3.8, 4) is 0 Å². The summed E-state index contributed by atoms with van der Waals surface area (Å²) in [7, 11) is -2.10. The number of anilines is 1. The Morgan fingerprint density at radius 2 is 1.95 bits per heavy atom. The highest BCUT2D eigenvalue weighted by molar-refractivity contribution is 7.89. The molecule has 0 saturated carbocycles. The van der Waals surface area contributed by atoms with E-state index in [-0.39, 0.29) is 17.3 Å². The van der Waals surface area contributed by atoms with E-state index in [4.69, 9.17) is 5.73 Å². The summed E-state index contributed by atoms with van der Waals surface area (Å²) in [5.74, 6) is 0.0516. The predicted octanol–water partition coefficient (Wildman–Crippen LogP) is 1.12. The van der Waals surface area contributed by atoms with E-state index in [1.165, 1.54) is 17.5 Å². The van der Waals surface area contributed by atoms with Gasteiger partial charge in [0.15, 0.2) is 0 Å². The van der Waals surface area contributed by atoms with Crippen LogP contribution < -0.4 is 5.73 Å². The molecule has 0 amide bonds. The van der Waals surface area contributed by atoms with Gasteiger partial charge in [-0.05, 0) is 12.5 Å². The Labute approximate surface area is 112 Å². The summed E-state index contributed by atoms with van der Waals surface area (Å²) >= 11 is 0. The fraction of sp³-hybridized carbons (Fsp3) is 0.250. The number of aromatic amines is 1. The number of nitrogens with one attached hydrogen (secondary N) is 1. The summed E-state index contributed by atoms with van der Waals surface area (Å²) in [5, 5.41) is 6.06. The molecule has 19 heavy (non-hydrogen) atoms. The molecule has 102 valence electrons. The molecule has 1 heterocycles. The largest absolute Gasteiger partial charge is 0.383 e. The average molecular weight is 280 g/mol. The Bertz CT molecular complexity index is 661. The van der Waals surface area contributed by atoms with Crippen LogP contribution in [0.15, 0.2) is 35.4 Å². The van der Waals surface area contributed by atoms with Crippen molar-refractivity contribution in [2.75, 3.05) is 12.8 Å². The van der Waals surface area contributed by atoms with Crippen molar-refractivity contribution < 1.29 is 8.42 Å². The van der Waals surface area contributed by atoms with Gasteiger partial charge in [-0.1, -0.05) is 29.8 Å². The molecule has 0 spiro atoms. The first-order chi connectivity index (χ1) is 8.91. The number of benzene rings is 1. The summed E-state index contributed by atoms with van der Waals surface area (Å²) in [5.41, 5.74) is 7.60. The van der Waals surface area contributed by atoms with Crippen molar-refractivity contribution in [3.63, 3.8) is 0 Å². The van der Waals surface area contributed by atoms with Crippen LogP contribution in [0.2, 0.25) is 0 Å². The molecule has 0 aliphatic rings. The molecule has 3 N–H and O–H groups in total. The summed E-state index contributed by atoms with van der Waals surface area (Å²) in [6.45, 7) is 2.27. The second-order valence-electron chi connectivity index (χ2n) is 4.39. The minimum atomic E-state index is -3.62. The second kappa shape index (κ2) is 5.02. The topological polar surface area (TPSA) is 92.1 Å². The van der Waals surface area contributed by atoms with Gasteiger partial charge in [0.25, 0.3) is 0 Å². The summed E-state index contributed by atoms with van der Waals surface area (Å²) < 4.78 is 25.8. The fourth-order valence-electron chi connectivity index (χ4n) is 1.69. The second-order valence-corrected chi connectivity index (χ2v) is 6.41. The number of nitrogens with zero attached hydrogens (tertiary/aromatic N) is 2. The maximum Gasteiger partial charge on any atom is 0.248 e. The van der Waals surface area contributed by atoms with Gasteiger partial charge in [0, 0.05) is 13.6 Å². The van der Waals surface area contributed by atoms with Crippen LogP contribution in [-0.4, -0.2) is 30.0 Å². The molecule has 1 aromatic heterocycles. The zero-order valence-electron chi connectivity index (χ0n) is 10.8. The molecule has 2 aromatic rings. The van der Waals surface area contributed by atoms with E-state index in [9.17, 15) is 8.42 Å². The molecule has 0 aliphatic carbocycles. The van der Waals surface area contributed by atoms with Gasteiger partial charge in [-0.2, -0.15) is 9.40 Å². The first kappa shape index (κ1) is 13.6. The van der Waals surface area contributed by atoms with Crippen LogP contribution >= 0.6 is 0 Å². The number of rotatable bonds is 4. The first-order valence-electron chi connectivity index (χ1n) is 5.72. The van der Waals surface area contributed by atoms with Gasteiger partial charge in [0.1, 0.15) is 10.7 Å². The Morgan fingerprint density at radius 3 is 2.47 bits per heavy atom. The maximum absolute atomic E-state index is 12.3. The number of hydrogen-bond donors (Lipinski definition) is 2. The van der Waals surface area contributed by atoms with Crippen molar-refractivity contribution in [3.05, 3.63) is 41.6 Å². The normalized spacial score (nSPS) is 11.9. The van der Waals surface area contributed by atoms with E-state index >= 15 is 0 Å². The smallest absolute Gasteiger partial charge is 0.248 e. The van der Waals surface area contributed by atoms with Crippen LogP contribution in [0, 0.1) is 6.92 Å². The maximum atomic E-state index is 12.3. The monoisotopic (exact) mass is 280 g/mol. The van der Waals surface area contributed by atoms with Gasteiger partial charge in [-0.15, -0.1) is 0 Å². The van der Waals surface area contributed by atoms with Crippen molar-refractivity contribution in [2.45, 2.75) is 18.4 Å². The molecular formula is C12H16N4O2S. The molecular weight excluding hydrogens is 264 g/mol. The predicted molar refractivity (Wildman–Crippen MR) is 72.8 cm³/mol. The number of nitrogens with two attached hydrogens (primary N) is 1. The third-order valence-corrected chi connectivity index (χ3v) is 4.68. The number of aromatic nitrogens is 2. The lowest BCUT2D eigenvalue weighted by atomic mass is 10.1. The molecule has 6 nitrogen and oxygen atoms in total. The molecule has 1 aromatic carbocycles. The van der Waals surface area contributed by atoms with Crippen LogP contribution in [0.4, 0.5) is 5.82 Å². The van der Waals surface area contributed by atoms with Gasteiger partial charge in [-0.3, -0.25) is 5.10 Å². The average Bonchev–Trinajstić information content (AvgIpc) is 2.79. The highest BCUT2D eigenvalue weighted by Crippen LogP contribution is 2.20. The minimum absolute atomic E-state index is 0.00196. The van der Waals surface area contributed by atoms with Crippen molar-refractivity contribution >= 4 is 15.8 Å². The van der Waals surface area contributed by atoms with E-state index in [2.05, 4.69) is 10.2 Å². The van der Waals surface area contributed by atoms with Crippen LogP contribution in [0.5, 0.6) is 0 Å². The number of sulfonamides is 1. The zero-order valence-corrected chi connectivity index (χ0v) is 11.6. The number of hydrogen-bond acceptors (Lipinski definition) is 4. The Balaban J connectivity index is 2.22. The van der Waals surface area contributed by atoms with Gasteiger partial charge < -0.3 is 5.73 Å². The molecule has 0 bridgehead atoms. The Morgan fingerprint density at radius 1 is 1.32 bits per heavy atom. The van der Waals surface area contributed by atoms with Gasteiger partial charge in [0.05, 0.1) is 6.20 Å². The van der Waals surface area contributed by atoms with Crippen LogP contribution in [-0.2, 0) is 16.6 Å². The number of H-pyrrole nitrogens is 1. The lowest BCUT2D eigenvalue weighted by molar-refractivity contribution is 0.467. The molecule has 0 fully saturated rings.